The van der Waals surface area contributed by atoms with Crippen LogP contribution in [0.2, 0.25) is 0 Å². The van der Waals surface area contributed by atoms with Crippen molar-refractivity contribution < 1.29 is 0 Å². The van der Waals surface area contributed by atoms with Gasteiger partial charge in [-0.1, -0.05) is 145 Å². The predicted octanol–water partition coefficient (Wildman–Crippen LogP) is 12.1. The van der Waals surface area contributed by atoms with E-state index in [-0.39, 0.29) is 5.92 Å². The van der Waals surface area contributed by atoms with Gasteiger partial charge in [-0.2, -0.15) is 0 Å². The smallest absolute Gasteiger partial charge is 0.179 e. The highest BCUT2D eigenvalue weighted by molar-refractivity contribution is 6.11. The first-order valence-corrected chi connectivity index (χ1v) is 18.8. The van der Waals surface area contributed by atoms with Gasteiger partial charge >= 0.3 is 0 Å². The first kappa shape index (κ1) is 31.4. The lowest BCUT2D eigenvalue weighted by Crippen LogP contribution is -2.13. The summed E-state index contributed by atoms with van der Waals surface area (Å²) in [6.45, 7) is 2.16. The summed E-state index contributed by atoms with van der Waals surface area (Å²) >= 11 is 0. The van der Waals surface area contributed by atoms with Crippen LogP contribution in [0, 0.1) is 11.8 Å². The van der Waals surface area contributed by atoms with Crippen LogP contribution in [0.1, 0.15) is 12.6 Å². The van der Waals surface area contributed by atoms with Gasteiger partial charge in [0.05, 0.1) is 22.4 Å². The van der Waals surface area contributed by atoms with Crippen molar-refractivity contribution >= 4 is 59.7 Å². The van der Waals surface area contributed by atoms with E-state index in [1.165, 1.54) is 11.0 Å². The van der Waals surface area contributed by atoms with Gasteiger partial charge in [0.15, 0.2) is 11.6 Å². The van der Waals surface area contributed by atoms with Gasteiger partial charge in [0.25, 0.3) is 0 Å². The third-order valence-corrected chi connectivity index (χ3v) is 11.0. The molecule has 5 nitrogen and oxygen atoms in total. The number of fused-ring (bicyclic) bond motifs is 8. The highest BCUT2D eigenvalue weighted by Gasteiger charge is 2.23. The van der Waals surface area contributed by atoms with Crippen LogP contribution in [0.15, 0.2) is 175 Å². The first-order valence-electron chi connectivity index (χ1n) is 18.8. The lowest BCUT2D eigenvalue weighted by atomic mass is 9.80. The van der Waals surface area contributed by atoms with Crippen molar-refractivity contribution in [3.63, 3.8) is 0 Å². The predicted molar refractivity (Wildman–Crippen MR) is 226 cm³/mol. The molecule has 6 aromatic carbocycles. The van der Waals surface area contributed by atoms with Gasteiger partial charge in [-0.25, -0.2) is 24.9 Å². The molecule has 0 N–H and O–H groups in total. The van der Waals surface area contributed by atoms with Crippen LogP contribution in [0.3, 0.4) is 0 Å². The zero-order valence-corrected chi connectivity index (χ0v) is 30.1. The molecule has 5 heteroatoms. The second-order valence-electron chi connectivity index (χ2n) is 14.5. The van der Waals surface area contributed by atoms with Gasteiger partial charge in [-0.15, -0.1) is 0 Å². The minimum atomic E-state index is 0.275. The number of allylic oxidation sites excluding steroid dienone is 8. The van der Waals surface area contributed by atoms with Crippen molar-refractivity contribution in [2.24, 2.45) is 11.8 Å². The number of nitrogens with zero attached hydrogens (tertiary/aromatic N) is 5. The van der Waals surface area contributed by atoms with Crippen molar-refractivity contribution in [1.82, 2.24) is 24.9 Å². The van der Waals surface area contributed by atoms with E-state index in [0.717, 1.165) is 71.3 Å². The monoisotopic (exact) mass is 703 g/mol. The fraction of sp³-hybridized carbons (Fsp3) is 0.0600. The number of aromatic nitrogens is 5. The van der Waals surface area contributed by atoms with E-state index in [2.05, 4.69) is 159 Å². The molecule has 0 spiro atoms. The standard InChI is InChI=1S/C50H33N5/c1-30-17-18-36-29-38(22-20-35(36)27-30)46-42-26-24-33-11-5-7-14-40(33)48(42)55-50(53-46)44-16-8-15-43(51-44)49-52-45(37-21-19-31-9-2-3-12-34(31)28-37)41-25-23-32-10-4-6-13-39(32)47(41)54-49/h2-29,35-36H,1H3. The Hall–Kier alpha value is -7.11. The van der Waals surface area contributed by atoms with Crippen LogP contribution < -0.4 is 0 Å². The fourth-order valence-corrected chi connectivity index (χ4v) is 8.26. The first-order chi connectivity index (χ1) is 27.1. The molecule has 0 aliphatic heterocycles. The summed E-state index contributed by atoms with van der Waals surface area (Å²) in [7, 11) is 0. The molecule has 0 amide bonds. The molecule has 2 aliphatic carbocycles. The molecule has 2 unspecified atom stereocenters. The highest BCUT2D eigenvalue weighted by Crippen LogP contribution is 2.38. The Morgan fingerprint density at radius 3 is 1.69 bits per heavy atom. The van der Waals surface area contributed by atoms with Crippen LogP contribution in [-0.2, 0) is 0 Å². The maximum Gasteiger partial charge on any atom is 0.179 e. The quantitative estimate of drug-likeness (QED) is 0.171. The number of rotatable bonds is 4. The Kier molecular flexibility index (Phi) is 7.14. The summed E-state index contributed by atoms with van der Waals surface area (Å²) in [6, 6.07) is 46.3. The summed E-state index contributed by atoms with van der Waals surface area (Å²) in [6.07, 6.45) is 13.7. The van der Waals surface area contributed by atoms with Crippen LogP contribution in [0.5, 0.6) is 0 Å². The molecule has 3 heterocycles. The van der Waals surface area contributed by atoms with Crippen LogP contribution >= 0.6 is 0 Å². The fourth-order valence-electron chi connectivity index (χ4n) is 8.26. The summed E-state index contributed by atoms with van der Waals surface area (Å²) in [5, 5.41) is 8.79. The molecule has 11 rings (SSSR count). The Morgan fingerprint density at radius 2 is 0.982 bits per heavy atom. The van der Waals surface area contributed by atoms with Crippen molar-refractivity contribution in [3.8, 4) is 34.3 Å². The molecule has 258 valence electrons. The van der Waals surface area contributed by atoms with Gasteiger partial charge in [0, 0.05) is 38.9 Å². The molecule has 0 saturated carbocycles. The average Bonchev–Trinajstić information content (AvgIpc) is 3.25. The van der Waals surface area contributed by atoms with E-state index in [1.807, 2.05) is 18.2 Å². The largest absolute Gasteiger partial charge is 0.241 e. The molecular formula is C50H33N5. The maximum atomic E-state index is 5.30. The van der Waals surface area contributed by atoms with Crippen molar-refractivity contribution in [3.05, 3.63) is 181 Å². The van der Waals surface area contributed by atoms with E-state index in [0.29, 0.717) is 29.0 Å². The lowest BCUT2D eigenvalue weighted by molar-refractivity contribution is 0.657. The van der Waals surface area contributed by atoms with Gasteiger partial charge in [0.1, 0.15) is 11.4 Å². The van der Waals surface area contributed by atoms with E-state index < -0.39 is 0 Å². The zero-order valence-electron chi connectivity index (χ0n) is 30.1. The van der Waals surface area contributed by atoms with Crippen LogP contribution in [0.25, 0.3) is 94.0 Å². The Labute approximate surface area is 317 Å². The summed E-state index contributed by atoms with van der Waals surface area (Å²) in [5.41, 5.74) is 8.31. The molecule has 3 aromatic heterocycles. The molecule has 9 aromatic rings. The SMILES string of the molecule is CC1=CC2C=CC(c3nc(-c4cccc(-c5nc(-c6ccc7ccccc7c6)c6ccc7ccccc7c6n5)n4)nc4c3ccc3ccccc34)=CC2C=C1. The summed E-state index contributed by atoms with van der Waals surface area (Å²) in [4.78, 5) is 26.3. The van der Waals surface area contributed by atoms with Gasteiger partial charge in [-0.05, 0) is 64.4 Å². The third kappa shape index (κ3) is 5.35. The second-order valence-corrected chi connectivity index (χ2v) is 14.5. The molecule has 55 heavy (non-hydrogen) atoms. The number of hydrogen-bond donors (Lipinski definition) is 0. The lowest BCUT2D eigenvalue weighted by Gasteiger charge is -2.25. The van der Waals surface area contributed by atoms with Gasteiger partial charge in [-0.3, -0.25) is 0 Å². The number of benzene rings is 6. The average molecular weight is 704 g/mol. The normalized spacial score (nSPS) is 16.5. The molecular weight excluding hydrogens is 671 g/mol. The number of pyridine rings is 1. The minimum absolute atomic E-state index is 0.275. The van der Waals surface area contributed by atoms with E-state index in [1.54, 1.807) is 0 Å². The maximum absolute atomic E-state index is 5.30. The van der Waals surface area contributed by atoms with Crippen LogP contribution in [-0.4, -0.2) is 24.9 Å². The zero-order chi connectivity index (χ0) is 36.5. The Balaban J connectivity index is 1.11. The Morgan fingerprint density at radius 1 is 0.418 bits per heavy atom. The minimum Gasteiger partial charge on any atom is -0.241 e. The van der Waals surface area contributed by atoms with E-state index in [4.69, 9.17) is 24.9 Å². The van der Waals surface area contributed by atoms with E-state index in [9.17, 15) is 0 Å². The summed E-state index contributed by atoms with van der Waals surface area (Å²) < 4.78 is 0. The third-order valence-electron chi connectivity index (χ3n) is 11.0. The van der Waals surface area contributed by atoms with E-state index >= 15 is 0 Å². The molecule has 0 fully saturated rings. The number of hydrogen-bond acceptors (Lipinski definition) is 5. The van der Waals surface area contributed by atoms with Crippen molar-refractivity contribution in [1.29, 1.82) is 0 Å². The second kappa shape index (κ2) is 12.5. The Bertz CT molecular complexity index is 3190. The molecule has 2 aliphatic rings. The van der Waals surface area contributed by atoms with Crippen molar-refractivity contribution in [2.45, 2.75) is 6.92 Å². The van der Waals surface area contributed by atoms with Gasteiger partial charge < -0.3 is 0 Å². The molecule has 0 radical (unpaired) electrons. The topological polar surface area (TPSA) is 64.5 Å². The molecule has 0 bridgehead atoms. The summed E-state index contributed by atoms with van der Waals surface area (Å²) in [5.74, 6) is 1.74. The highest BCUT2D eigenvalue weighted by atomic mass is 15.0. The molecule has 0 saturated heterocycles. The van der Waals surface area contributed by atoms with Crippen molar-refractivity contribution in [2.75, 3.05) is 0 Å². The van der Waals surface area contributed by atoms with Gasteiger partial charge in [0.2, 0.25) is 0 Å². The van der Waals surface area contributed by atoms with Crippen LogP contribution in [0.4, 0.5) is 0 Å². The molecule has 2 atom stereocenters.